The van der Waals surface area contributed by atoms with Crippen molar-refractivity contribution < 1.29 is 5.11 Å². The summed E-state index contributed by atoms with van der Waals surface area (Å²) < 4.78 is 0. The molecule has 0 aliphatic carbocycles. The Bertz CT molecular complexity index is 831. The van der Waals surface area contributed by atoms with Crippen molar-refractivity contribution in [3.05, 3.63) is 47.7 Å². The monoisotopic (exact) mass is 380 g/mol. The van der Waals surface area contributed by atoms with Crippen LogP contribution >= 0.6 is 0 Å². The van der Waals surface area contributed by atoms with Gasteiger partial charge in [-0.25, -0.2) is 0 Å². The third-order valence-corrected chi connectivity index (χ3v) is 5.74. The molecule has 0 saturated carbocycles. The summed E-state index contributed by atoms with van der Waals surface area (Å²) in [6.45, 7) is 0. The molecule has 2 aliphatic heterocycles. The molecule has 2 saturated heterocycles. The highest BCUT2D eigenvalue weighted by Crippen LogP contribution is 2.29. The van der Waals surface area contributed by atoms with Crippen LogP contribution in [0.25, 0.3) is 5.57 Å². The number of likely N-dealkylation sites (N-methyl/N-ethyl adjacent to an activating group) is 1. The Balaban J connectivity index is 1.65. The molecule has 2 bridgehead atoms. The highest BCUT2D eigenvalue weighted by atomic mass is 16.3. The van der Waals surface area contributed by atoms with Crippen LogP contribution in [0.3, 0.4) is 0 Å². The van der Waals surface area contributed by atoms with Gasteiger partial charge in [-0.15, -0.1) is 0 Å². The van der Waals surface area contributed by atoms with Crippen molar-refractivity contribution in [2.24, 2.45) is 5.73 Å². The SMILES string of the molecule is CN(C(=N)/C=C\C(=N)c1ccc(/C(C=N)=C/N)cc1O)C1C[C@H]2CC[C@@H](C1)N2. The molecule has 1 unspecified atom stereocenters. The van der Waals surface area contributed by atoms with Crippen LogP contribution in [0.2, 0.25) is 0 Å². The maximum Gasteiger partial charge on any atom is 0.125 e. The molecule has 0 radical (unpaired) electrons. The lowest BCUT2D eigenvalue weighted by Gasteiger charge is -2.36. The minimum Gasteiger partial charge on any atom is -0.507 e. The number of hydrogen-bond acceptors (Lipinski definition) is 6. The predicted octanol–water partition coefficient (Wildman–Crippen LogP) is 2.46. The van der Waals surface area contributed by atoms with Gasteiger partial charge in [0.2, 0.25) is 0 Å². The highest BCUT2D eigenvalue weighted by Gasteiger charge is 2.35. The van der Waals surface area contributed by atoms with Crippen molar-refractivity contribution in [2.45, 2.75) is 43.8 Å². The second kappa shape index (κ2) is 8.39. The molecular weight excluding hydrogens is 352 g/mol. The summed E-state index contributed by atoms with van der Waals surface area (Å²) >= 11 is 0. The predicted molar refractivity (Wildman–Crippen MR) is 113 cm³/mol. The molecule has 3 rings (SSSR count). The van der Waals surface area contributed by atoms with E-state index >= 15 is 0 Å². The zero-order chi connectivity index (χ0) is 20.3. The Kier molecular flexibility index (Phi) is 5.94. The van der Waals surface area contributed by atoms with Crippen LogP contribution in [0.4, 0.5) is 0 Å². The molecule has 1 aromatic carbocycles. The van der Waals surface area contributed by atoms with Crippen molar-refractivity contribution >= 4 is 23.3 Å². The molecular formula is C21H28N6O. The quantitative estimate of drug-likeness (QED) is 0.334. The van der Waals surface area contributed by atoms with Gasteiger partial charge in [0.15, 0.2) is 0 Å². The molecule has 0 spiro atoms. The topological polar surface area (TPSA) is 133 Å². The van der Waals surface area contributed by atoms with Gasteiger partial charge >= 0.3 is 0 Å². The maximum atomic E-state index is 10.3. The number of hydrogen-bond donors (Lipinski definition) is 6. The van der Waals surface area contributed by atoms with Crippen molar-refractivity contribution in [3.63, 3.8) is 0 Å². The lowest BCUT2D eigenvalue weighted by molar-refractivity contribution is 0.244. The lowest BCUT2D eigenvalue weighted by Crippen LogP contribution is -2.48. The van der Waals surface area contributed by atoms with E-state index in [4.69, 9.17) is 22.0 Å². The molecule has 7 heteroatoms. The third-order valence-electron chi connectivity index (χ3n) is 5.74. The second-order valence-corrected chi connectivity index (χ2v) is 7.50. The van der Waals surface area contributed by atoms with Crippen molar-refractivity contribution in [3.8, 4) is 5.75 Å². The van der Waals surface area contributed by atoms with E-state index in [1.807, 2.05) is 11.9 Å². The number of amidine groups is 1. The molecule has 0 aromatic heterocycles. The van der Waals surface area contributed by atoms with Gasteiger partial charge in [0, 0.05) is 48.7 Å². The number of phenols is 1. The molecule has 148 valence electrons. The normalized spacial score (nSPS) is 24.3. The Labute approximate surface area is 165 Å². The van der Waals surface area contributed by atoms with Crippen LogP contribution in [-0.2, 0) is 0 Å². The first-order chi connectivity index (χ1) is 13.4. The van der Waals surface area contributed by atoms with Crippen LogP contribution in [0, 0.1) is 16.2 Å². The number of nitrogens with one attached hydrogen (secondary N) is 4. The summed E-state index contributed by atoms with van der Waals surface area (Å²) in [5, 5.41) is 37.8. The number of fused-ring (bicyclic) bond motifs is 2. The number of aromatic hydroxyl groups is 1. The smallest absolute Gasteiger partial charge is 0.125 e. The minimum absolute atomic E-state index is 0.0526. The van der Waals surface area contributed by atoms with E-state index in [1.54, 1.807) is 24.3 Å². The average molecular weight is 380 g/mol. The van der Waals surface area contributed by atoms with Gasteiger partial charge in [-0.2, -0.15) is 0 Å². The number of phenolic OH excluding ortho intramolecular Hbond substituents is 1. The van der Waals surface area contributed by atoms with Gasteiger partial charge in [0.1, 0.15) is 11.6 Å². The van der Waals surface area contributed by atoms with Gasteiger partial charge in [0.05, 0.1) is 5.71 Å². The Hall–Kier alpha value is -2.93. The van der Waals surface area contributed by atoms with Crippen LogP contribution in [-0.4, -0.2) is 52.9 Å². The van der Waals surface area contributed by atoms with Crippen LogP contribution in [0.1, 0.15) is 36.8 Å². The second-order valence-electron chi connectivity index (χ2n) is 7.50. The molecule has 0 amide bonds. The number of nitrogens with two attached hydrogens (primary N) is 1. The first-order valence-corrected chi connectivity index (χ1v) is 9.53. The summed E-state index contributed by atoms with van der Waals surface area (Å²) in [7, 11) is 1.94. The molecule has 2 aliphatic rings. The molecule has 1 aromatic rings. The Morgan fingerprint density at radius 3 is 2.46 bits per heavy atom. The maximum absolute atomic E-state index is 10.3. The van der Waals surface area contributed by atoms with Crippen LogP contribution in [0.5, 0.6) is 5.75 Å². The summed E-state index contributed by atoms with van der Waals surface area (Å²) in [6.07, 6.45) is 10.1. The van der Waals surface area contributed by atoms with E-state index in [2.05, 4.69) is 5.32 Å². The fourth-order valence-corrected chi connectivity index (χ4v) is 4.08. The highest BCUT2D eigenvalue weighted by molar-refractivity contribution is 6.12. The van der Waals surface area contributed by atoms with Gasteiger partial charge in [-0.3, -0.25) is 5.41 Å². The molecule has 2 heterocycles. The molecule has 7 nitrogen and oxygen atoms in total. The zero-order valence-corrected chi connectivity index (χ0v) is 16.1. The molecule has 3 atom stereocenters. The van der Waals surface area contributed by atoms with Gasteiger partial charge in [-0.05, 0) is 55.5 Å². The van der Waals surface area contributed by atoms with Gasteiger partial charge in [0.25, 0.3) is 0 Å². The van der Waals surface area contributed by atoms with Gasteiger partial charge in [-0.1, -0.05) is 6.07 Å². The Morgan fingerprint density at radius 2 is 1.89 bits per heavy atom. The van der Waals surface area contributed by atoms with E-state index < -0.39 is 0 Å². The summed E-state index contributed by atoms with van der Waals surface area (Å²) in [6, 6.07) is 6.30. The van der Waals surface area contributed by atoms with Gasteiger partial charge < -0.3 is 31.9 Å². The number of rotatable bonds is 6. The van der Waals surface area contributed by atoms with E-state index in [1.165, 1.54) is 25.1 Å². The van der Waals surface area contributed by atoms with Crippen molar-refractivity contribution in [1.29, 1.82) is 16.2 Å². The van der Waals surface area contributed by atoms with Crippen LogP contribution < -0.4 is 11.1 Å². The summed E-state index contributed by atoms with van der Waals surface area (Å²) in [4.78, 5) is 1.99. The van der Waals surface area contributed by atoms with E-state index in [0.717, 1.165) is 19.1 Å². The van der Waals surface area contributed by atoms with Crippen molar-refractivity contribution in [2.75, 3.05) is 7.05 Å². The van der Waals surface area contributed by atoms with E-state index in [0.29, 0.717) is 40.7 Å². The summed E-state index contributed by atoms with van der Waals surface area (Å²) in [5.74, 6) is 0.312. The number of nitrogens with zero attached hydrogens (tertiary/aromatic N) is 1. The van der Waals surface area contributed by atoms with E-state index in [9.17, 15) is 5.11 Å². The number of benzene rings is 1. The first kappa shape index (κ1) is 19.8. The number of piperidine rings is 1. The number of allylic oxidation sites excluding steroid dienone is 2. The van der Waals surface area contributed by atoms with E-state index in [-0.39, 0.29) is 11.5 Å². The van der Waals surface area contributed by atoms with Crippen LogP contribution in [0.15, 0.2) is 36.6 Å². The fourth-order valence-electron chi connectivity index (χ4n) is 4.08. The minimum atomic E-state index is -0.0526. The molecule has 28 heavy (non-hydrogen) atoms. The largest absolute Gasteiger partial charge is 0.507 e. The third kappa shape index (κ3) is 4.14. The fraction of sp³-hybridized carbons (Fsp3) is 0.381. The first-order valence-electron chi connectivity index (χ1n) is 9.53. The average Bonchev–Trinajstić information content (AvgIpc) is 3.03. The summed E-state index contributed by atoms with van der Waals surface area (Å²) in [5.41, 5.74) is 7.08. The van der Waals surface area contributed by atoms with Crippen molar-refractivity contribution in [1.82, 2.24) is 10.2 Å². The molecule has 2 fully saturated rings. The molecule has 7 N–H and O–H groups in total. The zero-order valence-electron chi connectivity index (χ0n) is 16.1. The Morgan fingerprint density at radius 1 is 1.21 bits per heavy atom. The lowest BCUT2D eigenvalue weighted by atomic mass is 9.98. The standard InChI is InChI=1S/C21H28N6O/c1-27(17-9-15-3-4-16(10-17)26-15)21(25)7-6-19(24)18-5-2-13(8-20(18)28)14(11-22)12-23/h2,5-8,11-12,15-17,22,24-26,28H,3-4,9-10,23H2,1H3/b7-6-,14-12+,22-11?,24-19?,25-21?/t15-,16+,17?.